The molecule has 154 valence electrons. The van der Waals surface area contributed by atoms with Crippen LogP contribution in [0.3, 0.4) is 0 Å². The van der Waals surface area contributed by atoms with E-state index in [-0.39, 0.29) is 5.82 Å². The lowest BCUT2D eigenvalue weighted by atomic mass is 9.86. The Balaban J connectivity index is 1.48. The minimum atomic E-state index is -0.269. The minimum absolute atomic E-state index is 0.269. The highest BCUT2D eigenvalue weighted by atomic mass is 32.2. The summed E-state index contributed by atoms with van der Waals surface area (Å²) in [6.07, 6.45) is 7.13. The molecule has 6 rings (SSSR count). The molecule has 0 radical (unpaired) electrons. The Hall–Kier alpha value is -3.11. The molecule has 1 aromatic carbocycles. The summed E-state index contributed by atoms with van der Waals surface area (Å²) in [6, 6.07) is 8.71. The molecular formula is C24H19FN4OS. The molecule has 4 aromatic rings. The van der Waals surface area contributed by atoms with Crippen LogP contribution in [-0.4, -0.2) is 31.3 Å². The molecule has 5 nitrogen and oxygen atoms in total. The number of rotatable bonds is 3. The first-order chi connectivity index (χ1) is 15.2. The van der Waals surface area contributed by atoms with Crippen molar-refractivity contribution in [2.24, 2.45) is 5.92 Å². The summed E-state index contributed by atoms with van der Waals surface area (Å²) in [5.74, 6) is 9.33. The zero-order valence-electron chi connectivity index (χ0n) is 16.7. The molecule has 2 aliphatic rings. The molecule has 1 saturated heterocycles. The highest BCUT2D eigenvalue weighted by Gasteiger charge is 2.25. The van der Waals surface area contributed by atoms with Gasteiger partial charge in [-0.3, -0.25) is 4.68 Å². The summed E-state index contributed by atoms with van der Waals surface area (Å²) in [7, 11) is 0. The highest BCUT2D eigenvalue weighted by molar-refractivity contribution is 8.00. The van der Waals surface area contributed by atoms with Crippen LogP contribution in [0.15, 0.2) is 47.3 Å². The van der Waals surface area contributed by atoms with Crippen LogP contribution in [0.4, 0.5) is 4.39 Å². The normalized spacial score (nSPS) is 16.5. The molecule has 2 fully saturated rings. The van der Waals surface area contributed by atoms with Gasteiger partial charge in [-0.25, -0.2) is 14.4 Å². The number of hydrogen-bond acceptors (Lipinski definition) is 5. The Morgan fingerprint density at radius 1 is 1.10 bits per heavy atom. The summed E-state index contributed by atoms with van der Waals surface area (Å²) in [5.41, 5.74) is 3.78. The van der Waals surface area contributed by atoms with Crippen molar-refractivity contribution in [3.8, 4) is 34.4 Å². The minimum Gasteiger partial charge on any atom is -0.429 e. The van der Waals surface area contributed by atoms with Crippen LogP contribution in [-0.2, 0) is 0 Å². The van der Waals surface area contributed by atoms with E-state index < -0.39 is 0 Å². The molecule has 1 saturated carbocycles. The van der Waals surface area contributed by atoms with Gasteiger partial charge in [0.15, 0.2) is 5.76 Å². The Labute approximate surface area is 183 Å². The van der Waals surface area contributed by atoms with Gasteiger partial charge in [-0.05, 0) is 43.0 Å². The topological polar surface area (TPSA) is 56.7 Å². The van der Waals surface area contributed by atoms with Crippen molar-refractivity contribution >= 4 is 22.9 Å². The van der Waals surface area contributed by atoms with E-state index in [4.69, 9.17) is 9.52 Å². The van der Waals surface area contributed by atoms with E-state index in [2.05, 4.69) is 21.8 Å². The van der Waals surface area contributed by atoms with Crippen molar-refractivity contribution in [1.29, 1.82) is 0 Å². The Kier molecular flexibility index (Phi) is 4.53. The van der Waals surface area contributed by atoms with Gasteiger partial charge in [0.2, 0.25) is 5.71 Å². The zero-order chi connectivity index (χ0) is 20.8. The number of furan rings is 1. The quantitative estimate of drug-likeness (QED) is 0.411. The van der Waals surface area contributed by atoms with E-state index in [0.29, 0.717) is 23.4 Å². The number of aromatic nitrogens is 4. The Morgan fingerprint density at radius 3 is 2.65 bits per heavy atom. The number of hydrogen-bond donors (Lipinski definition) is 0. The van der Waals surface area contributed by atoms with Crippen LogP contribution in [0.25, 0.3) is 33.6 Å². The van der Waals surface area contributed by atoms with E-state index in [9.17, 15) is 4.39 Å². The molecule has 0 spiro atoms. The maximum atomic E-state index is 13.5. The van der Waals surface area contributed by atoms with Crippen molar-refractivity contribution in [2.45, 2.75) is 25.3 Å². The molecule has 31 heavy (non-hydrogen) atoms. The number of halogens is 1. The first-order valence-corrected chi connectivity index (χ1v) is 11.6. The summed E-state index contributed by atoms with van der Waals surface area (Å²) >= 11 is 1.90. The fourth-order valence-corrected chi connectivity index (χ4v) is 4.56. The number of thioether (sulfide) groups is 1. The molecule has 4 heterocycles. The van der Waals surface area contributed by atoms with Crippen LogP contribution in [0.5, 0.6) is 0 Å². The van der Waals surface area contributed by atoms with Gasteiger partial charge < -0.3 is 4.42 Å². The number of fused-ring (bicyclic) bond motifs is 1. The molecule has 0 bridgehead atoms. The largest absolute Gasteiger partial charge is 0.429 e. The second-order valence-corrected chi connectivity index (χ2v) is 9.09. The first-order valence-electron chi connectivity index (χ1n) is 10.4. The predicted octanol–water partition coefficient (Wildman–Crippen LogP) is 5.33. The average molecular weight is 431 g/mol. The molecule has 1 aliphatic heterocycles. The van der Waals surface area contributed by atoms with Crippen molar-refractivity contribution < 1.29 is 8.81 Å². The number of benzene rings is 1. The smallest absolute Gasteiger partial charge is 0.231 e. The predicted molar refractivity (Wildman–Crippen MR) is 119 cm³/mol. The van der Waals surface area contributed by atoms with Gasteiger partial charge in [0.1, 0.15) is 17.8 Å². The maximum absolute atomic E-state index is 13.5. The lowest BCUT2D eigenvalue weighted by molar-refractivity contribution is 0.401. The van der Waals surface area contributed by atoms with Gasteiger partial charge in [-0.1, -0.05) is 12.3 Å². The van der Waals surface area contributed by atoms with E-state index in [0.717, 1.165) is 52.2 Å². The van der Waals surface area contributed by atoms with Crippen LogP contribution in [0, 0.1) is 23.6 Å². The highest BCUT2D eigenvalue weighted by Crippen LogP contribution is 2.37. The van der Waals surface area contributed by atoms with Gasteiger partial charge in [-0.15, -0.1) is 0 Å². The van der Waals surface area contributed by atoms with E-state index in [1.54, 1.807) is 12.1 Å². The summed E-state index contributed by atoms with van der Waals surface area (Å²) in [5, 5.41) is 5.67. The van der Waals surface area contributed by atoms with Gasteiger partial charge >= 0.3 is 0 Å². The van der Waals surface area contributed by atoms with Crippen LogP contribution in [0.2, 0.25) is 0 Å². The molecular weight excluding hydrogens is 411 g/mol. The molecule has 0 N–H and O–H groups in total. The lowest BCUT2D eigenvalue weighted by Gasteiger charge is -2.24. The fraction of sp³-hybridized carbons (Fsp3) is 0.292. The summed E-state index contributed by atoms with van der Waals surface area (Å²) < 4.78 is 21.4. The molecule has 3 aromatic heterocycles. The average Bonchev–Trinajstić information content (AvgIpc) is 3.30. The van der Waals surface area contributed by atoms with Crippen molar-refractivity contribution in [3.63, 3.8) is 0 Å². The third kappa shape index (κ3) is 3.41. The fourth-order valence-electron chi connectivity index (χ4n) is 3.81. The molecule has 0 amide bonds. The maximum Gasteiger partial charge on any atom is 0.231 e. The third-order valence-corrected chi connectivity index (χ3v) is 7.17. The summed E-state index contributed by atoms with van der Waals surface area (Å²) in [4.78, 5) is 8.89. The van der Waals surface area contributed by atoms with Gasteiger partial charge in [-0.2, -0.15) is 16.9 Å². The second-order valence-electron chi connectivity index (χ2n) is 8.02. The second kappa shape index (κ2) is 7.54. The van der Waals surface area contributed by atoms with Crippen molar-refractivity contribution in [3.05, 3.63) is 54.4 Å². The zero-order valence-corrected chi connectivity index (χ0v) is 17.5. The summed E-state index contributed by atoms with van der Waals surface area (Å²) in [6.45, 7) is 0. The van der Waals surface area contributed by atoms with Crippen molar-refractivity contribution in [1.82, 2.24) is 19.7 Å². The van der Waals surface area contributed by atoms with Gasteiger partial charge in [0, 0.05) is 40.8 Å². The Morgan fingerprint density at radius 2 is 1.94 bits per heavy atom. The Bertz CT molecular complexity index is 1320. The van der Waals surface area contributed by atoms with Crippen LogP contribution >= 0.6 is 11.8 Å². The monoisotopic (exact) mass is 430 g/mol. The van der Waals surface area contributed by atoms with E-state index >= 15 is 0 Å². The number of nitrogens with zero attached hydrogens (tertiary/aromatic N) is 4. The standard InChI is InChI=1S/C24H19FN4OS/c25-17-7-5-16(6-8-17)22-21(11-29(28-22)18-12-31-13-18)23-20-10-19(9-4-15-2-1-3-15)30-24(20)27-14-26-23/h5-8,10-11,14-15,18H,1-3,12-13H2. The van der Waals surface area contributed by atoms with Crippen molar-refractivity contribution in [2.75, 3.05) is 11.5 Å². The van der Waals surface area contributed by atoms with Crippen LogP contribution < -0.4 is 0 Å². The van der Waals surface area contributed by atoms with Crippen LogP contribution in [0.1, 0.15) is 31.1 Å². The first kappa shape index (κ1) is 18.6. The van der Waals surface area contributed by atoms with E-state index in [1.807, 2.05) is 28.7 Å². The van der Waals surface area contributed by atoms with E-state index in [1.165, 1.54) is 24.9 Å². The SMILES string of the molecule is Fc1ccc(-c2nn(C3CSC3)cc2-c2ncnc3oc(C#CC4CCC4)cc23)cc1. The van der Waals surface area contributed by atoms with Gasteiger partial charge in [0.25, 0.3) is 0 Å². The third-order valence-electron chi connectivity index (χ3n) is 5.93. The molecule has 0 atom stereocenters. The molecule has 0 unspecified atom stereocenters. The van der Waals surface area contributed by atoms with Gasteiger partial charge in [0.05, 0.1) is 17.1 Å². The molecule has 7 heteroatoms. The molecule has 1 aliphatic carbocycles. The lowest BCUT2D eigenvalue weighted by Crippen LogP contribution is -2.23.